The Labute approximate surface area is 123 Å². The van der Waals surface area contributed by atoms with Crippen LogP contribution in [-0.2, 0) is 4.79 Å². The predicted molar refractivity (Wildman–Crippen MR) is 82.3 cm³/mol. The van der Waals surface area contributed by atoms with Gasteiger partial charge in [0.05, 0.1) is 0 Å². The first-order valence-corrected chi connectivity index (χ1v) is 8.32. The standard InChI is InChI=1S/C16H31N3O/c1-12-5-8-19(9-6-12)10-7-18-16(20)14-4-3-13(2)15(17)11-14/h12-15H,3-11,17H2,1-2H3,(H,18,20). The number of nitrogens with two attached hydrogens (primary N) is 1. The van der Waals surface area contributed by atoms with Gasteiger partial charge in [-0.1, -0.05) is 13.8 Å². The lowest BCUT2D eigenvalue weighted by atomic mass is 9.79. The number of rotatable bonds is 4. The van der Waals surface area contributed by atoms with Crippen LogP contribution >= 0.6 is 0 Å². The number of nitrogens with zero attached hydrogens (tertiary/aromatic N) is 1. The number of hydrogen-bond acceptors (Lipinski definition) is 3. The molecule has 4 heteroatoms. The molecule has 1 saturated carbocycles. The highest BCUT2D eigenvalue weighted by molar-refractivity contribution is 5.78. The minimum absolute atomic E-state index is 0.141. The lowest BCUT2D eigenvalue weighted by Gasteiger charge is -2.32. The van der Waals surface area contributed by atoms with Crippen molar-refractivity contribution in [3.63, 3.8) is 0 Å². The fraction of sp³-hybridized carbons (Fsp3) is 0.938. The van der Waals surface area contributed by atoms with Crippen LogP contribution in [0.3, 0.4) is 0 Å². The third-order valence-corrected chi connectivity index (χ3v) is 5.23. The third kappa shape index (κ3) is 4.45. The van der Waals surface area contributed by atoms with Crippen molar-refractivity contribution in [1.82, 2.24) is 10.2 Å². The van der Waals surface area contributed by atoms with Crippen LogP contribution in [0.5, 0.6) is 0 Å². The summed E-state index contributed by atoms with van der Waals surface area (Å²) in [6, 6.07) is 0.197. The first-order valence-electron chi connectivity index (χ1n) is 8.32. The molecule has 3 atom stereocenters. The fourth-order valence-electron chi connectivity index (χ4n) is 3.36. The van der Waals surface area contributed by atoms with Gasteiger partial charge < -0.3 is 16.0 Å². The second-order valence-electron chi connectivity index (χ2n) is 6.97. The van der Waals surface area contributed by atoms with Crippen LogP contribution in [0.25, 0.3) is 0 Å². The Morgan fingerprint density at radius 2 is 1.90 bits per heavy atom. The van der Waals surface area contributed by atoms with Crippen molar-refractivity contribution in [3.8, 4) is 0 Å². The average molecular weight is 281 g/mol. The largest absolute Gasteiger partial charge is 0.355 e. The Hall–Kier alpha value is -0.610. The fourth-order valence-corrected chi connectivity index (χ4v) is 3.36. The van der Waals surface area contributed by atoms with Gasteiger partial charge in [-0.05, 0) is 57.0 Å². The first-order chi connectivity index (χ1) is 9.56. The van der Waals surface area contributed by atoms with Gasteiger partial charge in [0, 0.05) is 25.0 Å². The molecule has 0 bridgehead atoms. The molecule has 4 nitrogen and oxygen atoms in total. The van der Waals surface area contributed by atoms with Crippen LogP contribution in [0.2, 0.25) is 0 Å². The molecule has 3 unspecified atom stereocenters. The highest BCUT2D eigenvalue weighted by Gasteiger charge is 2.29. The van der Waals surface area contributed by atoms with E-state index in [2.05, 4.69) is 24.1 Å². The summed E-state index contributed by atoms with van der Waals surface area (Å²) in [5, 5.41) is 3.11. The first kappa shape index (κ1) is 15.8. The van der Waals surface area contributed by atoms with E-state index in [1.54, 1.807) is 0 Å². The molecule has 1 aliphatic heterocycles. The predicted octanol–water partition coefficient (Wildman–Crippen LogP) is 1.60. The Kier molecular flexibility index (Phi) is 5.85. The number of hydrogen-bond donors (Lipinski definition) is 2. The molecule has 0 aromatic rings. The van der Waals surface area contributed by atoms with Crippen molar-refractivity contribution in [2.45, 2.75) is 52.0 Å². The monoisotopic (exact) mass is 281 g/mol. The van der Waals surface area contributed by atoms with E-state index >= 15 is 0 Å². The molecule has 0 radical (unpaired) electrons. The van der Waals surface area contributed by atoms with E-state index in [-0.39, 0.29) is 17.9 Å². The van der Waals surface area contributed by atoms with Crippen LogP contribution in [-0.4, -0.2) is 43.0 Å². The zero-order valence-corrected chi connectivity index (χ0v) is 13.1. The smallest absolute Gasteiger partial charge is 0.223 e. The zero-order valence-electron chi connectivity index (χ0n) is 13.1. The molecular weight excluding hydrogens is 250 g/mol. The Morgan fingerprint density at radius 1 is 1.20 bits per heavy atom. The lowest BCUT2D eigenvalue weighted by Crippen LogP contribution is -2.44. The number of carbonyl (C=O) groups is 1. The van der Waals surface area contributed by atoms with Crippen LogP contribution in [0, 0.1) is 17.8 Å². The number of amides is 1. The number of carbonyl (C=O) groups excluding carboxylic acids is 1. The van der Waals surface area contributed by atoms with Gasteiger partial charge >= 0.3 is 0 Å². The van der Waals surface area contributed by atoms with Crippen LogP contribution in [0.1, 0.15) is 46.0 Å². The molecule has 0 spiro atoms. The van der Waals surface area contributed by atoms with Gasteiger partial charge in [-0.3, -0.25) is 4.79 Å². The molecule has 2 fully saturated rings. The van der Waals surface area contributed by atoms with Gasteiger partial charge in [-0.25, -0.2) is 0 Å². The van der Waals surface area contributed by atoms with Crippen molar-refractivity contribution in [2.75, 3.05) is 26.2 Å². The van der Waals surface area contributed by atoms with Gasteiger partial charge in [0.2, 0.25) is 5.91 Å². The third-order valence-electron chi connectivity index (χ3n) is 5.23. The summed E-state index contributed by atoms with van der Waals surface area (Å²) in [4.78, 5) is 14.6. The van der Waals surface area contributed by atoms with E-state index in [1.807, 2.05) is 0 Å². The maximum Gasteiger partial charge on any atom is 0.223 e. The van der Waals surface area contributed by atoms with Crippen molar-refractivity contribution in [1.29, 1.82) is 0 Å². The van der Waals surface area contributed by atoms with Crippen LogP contribution < -0.4 is 11.1 Å². The normalized spacial score (nSPS) is 33.0. The summed E-state index contributed by atoms with van der Waals surface area (Å²) in [5.74, 6) is 1.79. The minimum atomic E-state index is 0.141. The zero-order chi connectivity index (χ0) is 14.5. The van der Waals surface area contributed by atoms with Gasteiger partial charge in [0.1, 0.15) is 0 Å². The topological polar surface area (TPSA) is 58.4 Å². The molecule has 2 rings (SSSR count). The van der Waals surface area contributed by atoms with Gasteiger partial charge in [-0.2, -0.15) is 0 Å². The summed E-state index contributed by atoms with van der Waals surface area (Å²) in [6.07, 6.45) is 5.53. The number of piperidine rings is 1. The Morgan fingerprint density at radius 3 is 2.55 bits per heavy atom. The SMILES string of the molecule is CC1CCN(CCNC(=O)C2CCC(C)C(N)C2)CC1. The number of nitrogens with one attached hydrogen (secondary N) is 1. The summed E-state index contributed by atoms with van der Waals surface area (Å²) in [7, 11) is 0. The van der Waals surface area contributed by atoms with Crippen molar-refractivity contribution < 1.29 is 4.79 Å². The van der Waals surface area contributed by atoms with E-state index in [9.17, 15) is 4.79 Å². The highest BCUT2D eigenvalue weighted by atomic mass is 16.1. The summed E-state index contributed by atoms with van der Waals surface area (Å²) < 4.78 is 0. The van der Waals surface area contributed by atoms with Crippen LogP contribution in [0.15, 0.2) is 0 Å². The quantitative estimate of drug-likeness (QED) is 0.823. The van der Waals surface area contributed by atoms with E-state index in [0.29, 0.717) is 5.92 Å². The summed E-state index contributed by atoms with van der Waals surface area (Å²) >= 11 is 0. The Balaban J connectivity index is 1.63. The van der Waals surface area contributed by atoms with Gasteiger partial charge in [0.25, 0.3) is 0 Å². The minimum Gasteiger partial charge on any atom is -0.355 e. The van der Waals surface area contributed by atoms with E-state index in [1.165, 1.54) is 25.9 Å². The van der Waals surface area contributed by atoms with Gasteiger partial charge in [-0.15, -0.1) is 0 Å². The van der Waals surface area contributed by atoms with Gasteiger partial charge in [0.15, 0.2) is 0 Å². The molecule has 1 saturated heterocycles. The highest BCUT2D eigenvalue weighted by Crippen LogP contribution is 2.27. The second-order valence-corrected chi connectivity index (χ2v) is 6.97. The summed E-state index contributed by atoms with van der Waals surface area (Å²) in [6.45, 7) is 8.66. The van der Waals surface area contributed by atoms with E-state index in [4.69, 9.17) is 5.73 Å². The molecule has 1 heterocycles. The molecule has 116 valence electrons. The molecule has 0 aromatic heterocycles. The molecular formula is C16H31N3O. The molecule has 20 heavy (non-hydrogen) atoms. The average Bonchev–Trinajstić information content (AvgIpc) is 2.44. The molecule has 0 aromatic carbocycles. The van der Waals surface area contributed by atoms with Crippen molar-refractivity contribution >= 4 is 5.91 Å². The lowest BCUT2D eigenvalue weighted by molar-refractivity contribution is -0.126. The molecule has 1 aliphatic carbocycles. The number of likely N-dealkylation sites (tertiary alicyclic amines) is 1. The van der Waals surface area contributed by atoms with E-state index < -0.39 is 0 Å². The summed E-state index contributed by atoms with van der Waals surface area (Å²) in [5.41, 5.74) is 6.08. The molecule has 3 N–H and O–H groups in total. The van der Waals surface area contributed by atoms with E-state index in [0.717, 1.165) is 38.3 Å². The maximum absolute atomic E-state index is 12.2. The maximum atomic E-state index is 12.2. The van der Waals surface area contributed by atoms with Crippen molar-refractivity contribution in [3.05, 3.63) is 0 Å². The Bertz CT molecular complexity index is 313. The molecule has 1 amide bonds. The molecule has 2 aliphatic rings. The van der Waals surface area contributed by atoms with Crippen LogP contribution in [0.4, 0.5) is 0 Å². The van der Waals surface area contributed by atoms with Crippen molar-refractivity contribution in [2.24, 2.45) is 23.5 Å². The second kappa shape index (κ2) is 7.41.